The lowest BCUT2D eigenvalue weighted by atomic mass is 9.65. The summed E-state index contributed by atoms with van der Waals surface area (Å²) in [5.41, 5.74) is 8.50. The largest absolute Gasteiger partial charge is 0.491 e. The highest BCUT2D eigenvalue weighted by Gasteiger charge is 2.75. The predicted octanol–water partition coefficient (Wildman–Crippen LogP) is 5.84. The number of hydrogen-bond acceptors (Lipinski definition) is 10. The summed E-state index contributed by atoms with van der Waals surface area (Å²) in [5.74, 6) is 3.03. The molecule has 4 aromatic rings. The number of allylic oxidation sites excluding steroid dienone is 2. The molecular formula is C47H45N3O9. The number of amides is 3. The summed E-state index contributed by atoms with van der Waals surface area (Å²) in [5, 5.41) is 9.46. The average molecular weight is 796 g/mol. The number of rotatable bonds is 10. The van der Waals surface area contributed by atoms with Crippen LogP contribution in [0.15, 0.2) is 115 Å². The Morgan fingerprint density at radius 1 is 0.864 bits per heavy atom. The van der Waals surface area contributed by atoms with Gasteiger partial charge in [-0.1, -0.05) is 90.7 Å². The van der Waals surface area contributed by atoms with E-state index in [4.69, 9.17) is 24.7 Å². The van der Waals surface area contributed by atoms with Gasteiger partial charge in [-0.05, 0) is 83.8 Å². The molecule has 302 valence electrons. The van der Waals surface area contributed by atoms with Gasteiger partial charge < -0.3 is 29.8 Å². The molecule has 8 rings (SSSR count). The van der Waals surface area contributed by atoms with Crippen molar-refractivity contribution in [3.8, 4) is 17.6 Å². The van der Waals surface area contributed by atoms with Crippen LogP contribution in [0.25, 0.3) is 0 Å². The lowest BCUT2D eigenvalue weighted by Gasteiger charge is -2.46. The van der Waals surface area contributed by atoms with Crippen molar-refractivity contribution in [1.82, 2.24) is 4.90 Å². The van der Waals surface area contributed by atoms with Crippen LogP contribution in [0.2, 0.25) is 0 Å². The first kappa shape index (κ1) is 39.6. The topological polar surface area (TPSA) is 158 Å². The number of carbonyl (C=O) groups is 4. The van der Waals surface area contributed by atoms with Gasteiger partial charge in [-0.25, -0.2) is 9.69 Å². The minimum atomic E-state index is -1.99. The third kappa shape index (κ3) is 7.05. The fraction of sp³-hybridized carbons (Fsp3) is 0.319. The summed E-state index contributed by atoms with van der Waals surface area (Å²) in [6.07, 6.45) is 4.21. The van der Waals surface area contributed by atoms with E-state index in [0.29, 0.717) is 28.0 Å². The van der Waals surface area contributed by atoms with Gasteiger partial charge in [0, 0.05) is 12.7 Å². The molecule has 6 unspecified atom stereocenters. The lowest BCUT2D eigenvalue weighted by molar-refractivity contribution is -0.178. The van der Waals surface area contributed by atoms with E-state index in [-0.39, 0.29) is 32.1 Å². The van der Waals surface area contributed by atoms with E-state index in [1.165, 1.54) is 7.11 Å². The van der Waals surface area contributed by atoms with Gasteiger partial charge >= 0.3 is 12.1 Å². The molecule has 2 fully saturated rings. The number of aliphatic hydroxyl groups excluding tert-OH is 1. The van der Waals surface area contributed by atoms with Crippen molar-refractivity contribution in [2.24, 2.45) is 11.7 Å². The number of ether oxygens (including phenoxy) is 4. The number of carbonyl (C=O) groups excluding carboxylic acids is 4. The number of anilines is 1. The maximum Gasteiger partial charge on any atom is 0.421 e. The van der Waals surface area contributed by atoms with Crippen molar-refractivity contribution in [1.29, 1.82) is 0 Å². The van der Waals surface area contributed by atoms with E-state index >= 15 is 4.79 Å². The van der Waals surface area contributed by atoms with Crippen molar-refractivity contribution in [3.63, 3.8) is 0 Å². The zero-order valence-electron chi connectivity index (χ0n) is 32.6. The fourth-order valence-corrected chi connectivity index (χ4v) is 9.29. The zero-order chi connectivity index (χ0) is 41.1. The molecule has 3 aliphatic heterocycles. The number of imide groups is 1. The van der Waals surface area contributed by atoms with Gasteiger partial charge in [-0.3, -0.25) is 19.3 Å². The number of primary amides is 1. The van der Waals surface area contributed by atoms with Crippen molar-refractivity contribution < 1.29 is 43.2 Å². The number of nitrogens with zero attached hydrogens (tertiary/aromatic N) is 2. The first-order valence-electron chi connectivity index (χ1n) is 19.9. The molecule has 12 heteroatoms. The highest BCUT2D eigenvalue weighted by molar-refractivity contribution is 6.23. The van der Waals surface area contributed by atoms with Crippen LogP contribution in [0.4, 0.5) is 10.5 Å². The molecule has 12 nitrogen and oxygen atoms in total. The number of benzene rings is 4. The van der Waals surface area contributed by atoms with Gasteiger partial charge in [0.15, 0.2) is 0 Å². The smallest absolute Gasteiger partial charge is 0.421 e. The van der Waals surface area contributed by atoms with Gasteiger partial charge in [-0.2, -0.15) is 0 Å². The number of cyclic esters (lactones) is 1. The molecule has 3 amide bonds. The van der Waals surface area contributed by atoms with Crippen LogP contribution < -0.4 is 15.4 Å². The van der Waals surface area contributed by atoms with Crippen molar-refractivity contribution in [2.45, 2.75) is 55.3 Å². The van der Waals surface area contributed by atoms with Crippen molar-refractivity contribution in [3.05, 3.63) is 143 Å². The maximum atomic E-state index is 15.8. The molecule has 0 radical (unpaired) electrons. The first-order valence-corrected chi connectivity index (χ1v) is 19.9. The van der Waals surface area contributed by atoms with E-state index in [1.807, 2.05) is 65.6 Å². The molecule has 4 aliphatic rings. The normalized spacial score (nSPS) is 24.7. The maximum absolute atomic E-state index is 15.8. The van der Waals surface area contributed by atoms with Gasteiger partial charge in [0.1, 0.15) is 36.5 Å². The highest BCUT2D eigenvalue weighted by atomic mass is 16.6. The Bertz CT molecular complexity index is 2320. The zero-order valence-corrected chi connectivity index (χ0v) is 32.6. The second-order valence-electron chi connectivity index (χ2n) is 15.0. The Kier molecular flexibility index (Phi) is 11.3. The molecule has 0 aromatic heterocycles. The highest BCUT2D eigenvalue weighted by Crippen LogP contribution is 2.65. The minimum Gasteiger partial charge on any atom is -0.491 e. The van der Waals surface area contributed by atoms with Crippen LogP contribution in [0.3, 0.4) is 0 Å². The Morgan fingerprint density at radius 3 is 2.25 bits per heavy atom. The van der Waals surface area contributed by atoms with Gasteiger partial charge in [0.2, 0.25) is 11.8 Å². The van der Waals surface area contributed by atoms with Gasteiger partial charge in [0.25, 0.3) is 0 Å². The molecule has 0 saturated carbocycles. The van der Waals surface area contributed by atoms with Crippen LogP contribution in [-0.4, -0.2) is 73.5 Å². The number of fused-ring (bicyclic) bond motifs is 3. The van der Waals surface area contributed by atoms with E-state index in [1.54, 1.807) is 42.5 Å². The average Bonchev–Trinajstić information content (AvgIpc) is 3.72. The molecule has 0 bridgehead atoms. The second kappa shape index (κ2) is 16.9. The van der Waals surface area contributed by atoms with Crippen LogP contribution in [0.1, 0.15) is 71.7 Å². The molecule has 4 aromatic carbocycles. The van der Waals surface area contributed by atoms with Crippen molar-refractivity contribution in [2.75, 3.05) is 38.4 Å². The Labute approximate surface area is 342 Å². The molecular weight excluding hydrogens is 751 g/mol. The number of aliphatic hydroxyl groups is 1. The van der Waals surface area contributed by atoms with Gasteiger partial charge in [0.05, 0.1) is 36.9 Å². The van der Waals surface area contributed by atoms with Crippen molar-refractivity contribution >= 4 is 29.6 Å². The molecule has 2 saturated heterocycles. The third-order valence-corrected chi connectivity index (χ3v) is 11.7. The first-order chi connectivity index (χ1) is 28.8. The minimum absolute atomic E-state index is 0.0536. The van der Waals surface area contributed by atoms with E-state index in [2.05, 4.69) is 17.9 Å². The standard InChI is InChI=1S/C47H45N3O9/c1-56-27-28-58-46(55)49-37-24-19-31(18-17-30-11-5-2-6-12-30)29-36(37)47(45(49)54)38(43(48)52)40-44(53)59-41(33-15-9-4-10-16-33)39(32-13-7-3-8-14-32)50(40)42(47)34-20-22-35(23-21-34)57-26-25-51/h3-4,7-11,13-16,19-24,29,38-42,51H,2,5-6,12,25-28H2,1H3,(H2,48,52). The molecule has 1 aliphatic carbocycles. The quantitative estimate of drug-likeness (QED) is 0.114. The second-order valence-corrected chi connectivity index (χ2v) is 15.0. The number of methoxy groups -OCH3 is 1. The van der Waals surface area contributed by atoms with E-state index in [9.17, 15) is 19.5 Å². The summed E-state index contributed by atoms with van der Waals surface area (Å²) in [7, 11) is 1.47. The Hall–Kier alpha value is -6.26. The van der Waals surface area contributed by atoms with Crippen LogP contribution in [0, 0.1) is 17.8 Å². The van der Waals surface area contributed by atoms with E-state index in [0.717, 1.165) is 41.7 Å². The SMILES string of the molecule is COCCOC(=O)N1C(=O)C2(c3cc(C#CC4=CCCCC4)ccc31)C(C(N)=O)C1C(=O)OC(c3ccccc3)C(c3ccccc3)N1C2c1ccc(OCCO)cc1. The lowest BCUT2D eigenvalue weighted by Crippen LogP contribution is -2.55. The molecule has 3 N–H and O–H groups in total. The fourth-order valence-electron chi connectivity index (χ4n) is 9.29. The number of nitrogens with two attached hydrogens (primary N) is 1. The van der Waals surface area contributed by atoms with Crippen LogP contribution in [-0.2, 0) is 34.0 Å². The molecule has 3 heterocycles. The molecule has 1 spiro atoms. The van der Waals surface area contributed by atoms with E-state index < -0.39 is 59.4 Å². The summed E-state index contributed by atoms with van der Waals surface area (Å²) < 4.78 is 22.8. The summed E-state index contributed by atoms with van der Waals surface area (Å²) in [4.78, 5) is 62.0. The Morgan fingerprint density at radius 2 is 1.59 bits per heavy atom. The number of morpholine rings is 1. The van der Waals surface area contributed by atoms with Crippen LogP contribution in [0.5, 0.6) is 5.75 Å². The molecule has 6 atom stereocenters. The molecule has 59 heavy (non-hydrogen) atoms. The summed E-state index contributed by atoms with van der Waals surface area (Å²) in [6.45, 7) is -0.212. The summed E-state index contributed by atoms with van der Waals surface area (Å²) in [6, 6.07) is 27.6. The number of hydrogen-bond donors (Lipinski definition) is 2. The number of esters is 1. The monoisotopic (exact) mass is 795 g/mol. The predicted molar refractivity (Wildman–Crippen MR) is 217 cm³/mol. The Balaban J connectivity index is 1.41. The van der Waals surface area contributed by atoms with Crippen LogP contribution >= 0.6 is 0 Å². The van der Waals surface area contributed by atoms with Gasteiger partial charge in [-0.15, -0.1) is 0 Å². The third-order valence-electron chi connectivity index (χ3n) is 11.7. The summed E-state index contributed by atoms with van der Waals surface area (Å²) >= 11 is 0.